The summed E-state index contributed by atoms with van der Waals surface area (Å²) in [5.41, 5.74) is 0. The lowest BCUT2D eigenvalue weighted by Crippen LogP contribution is -2.09. The average Bonchev–Trinajstić information content (AvgIpc) is 2.52. The molecular weight excluding hydrogens is 140 g/mol. The van der Waals surface area contributed by atoms with E-state index in [9.17, 15) is 0 Å². The average molecular weight is 154 g/mol. The van der Waals surface area contributed by atoms with E-state index in [1.165, 1.54) is 0 Å². The third kappa shape index (κ3) is 2.72. The van der Waals surface area contributed by atoms with Crippen LogP contribution in [0.3, 0.4) is 0 Å². The van der Waals surface area contributed by atoms with Crippen molar-refractivity contribution in [2.45, 2.75) is 26.0 Å². The number of hydrogen-bond donors (Lipinski definition) is 0. The van der Waals surface area contributed by atoms with Crippen molar-refractivity contribution in [3.8, 4) is 0 Å². The highest BCUT2D eigenvalue weighted by atomic mass is 16.5. The molecule has 1 heterocycles. The Labute approximate surface area is 67.0 Å². The third-order valence-electron chi connectivity index (χ3n) is 1.73. The lowest BCUT2D eigenvalue weighted by atomic mass is 10.3. The SMILES string of the molecule is COC(C)CCn1cccn1. The summed E-state index contributed by atoms with van der Waals surface area (Å²) in [7, 11) is 1.73. The maximum Gasteiger partial charge on any atom is 0.0560 e. The number of rotatable bonds is 4. The largest absolute Gasteiger partial charge is 0.382 e. The van der Waals surface area contributed by atoms with Gasteiger partial charge in [-0.25, -0.2) is 0 Å². The fourth-order valence-electron chi connectivity index (χ4n) is 0.865. The topological polar surface area (TPSA) is 27.1 Å². The zero-order chi connectivity index (χ0) is 8.10. The first kappa shape index (κ1) is 8.27. The smallest absolute Gasteiger partial charge is 0.0560 e. The van der Waals surface area contributed by atoms with Crippen molar-refractivity contribution in [2.75, 3.05) is 7.11 Å². The molecule has 0 saturated heterocycles. The summed E-state index contributed by atoms with van der Waals surface area (Å²) in [4.78, 5) is 0. The van der Waals surface area contributed by atoms with E-state index in [4.69, 9.17) is 4.74 Å². The van der Waals surface area contributed by atoms with E-state index in [1.807, 2.05) is 16.9 Å². The Kier molecular flexibility index (Phi) is 3.11. The van der Waals surface area contributed by atoms with Gasteiger partial charge in [-0.2, -0.15) is 5.10 Å². The van der Waals surface area contributed by atoms with Gasteiger partial charge in [-0.05, 0) is 19.4 Å². The van der Waals surface area contributed by atoms with E-state index in [1.54, 1.807) is 13.3 Å². The number of aryl methyl sites for hydroxylation is 1. The van der Waals surface area contributed by atoms with Crippen molar-refractivity contribution in [2.24, 2.45) is 0 Å². The van der Waals surface area contributed by atoms with Crippen molar-refractivity contribution >= 4 is 0 Å². The molecule has 0 N–H and O–H groups in total. The lowest BCUT2D eigenvalue weighted by molar-refractivity contribution is 0.106. The zero-order valence-electron chi connectivity index (χ0n) is 7.03. The van der Waals surface area contributed by atoms with Crippen LogP contribution in [0.5, 0.6) is 0 Å². The molecule has 1 aromatic heterocycles. The fourth-order valence-corrected chi connectivity index (χ4v) is 0.865. The zero-order valence-corrected chi connectivity index (χ0v) is 7.03. The minimum atomic E-state index is 0.319. The van der Waals surface area contributed by atoms with Crippen LogP contribution >= 0.6 is 0 Å². The summed E-state index contributed by atoms with van der Waals surface area (Å²) < 4.78 is 7.02. The van der Waals surface area contributed by atoms with Gasteiger partial charge >= 0.3 is 0 Å². The van der Waals surface area contributed by atoms with E-state index in [0.29, 0.717) is 6.10 Å². The fraction of sp³-hybridized carbons (Fsp3) is 0.625. The van der Waals surface area contributed by atoms with Crippen LogP contribution in [0.2, 0.25) is 0 Å². The Morgan fingerprint density at radius 2 is 2.45 bits per heavy atom. The van der Waals surface area contributed by atoms with Crippen LogP contribution < -0.4 is 0 Å². The van der Waals surface area contributed by atoms with Gasteiger partial charge in [0.2, 0.25) is 0 Å². The summed E-state index contributed by atoms with van der Waals surface area (Å²) in [6, 6.07) is 1.93. The summed E-state index contributed by atoms with van der Waals surface area (Å²) >= 11 is 0. The Morgan fingerprint density at radius 1 is 1.64 bits per heavy atom. The normalized spacial score (nSPS) is 13.3. The molecule has 3 nitrogen and oxygen atoms in total. The second-order valence-corrected chi connectivity index (χ2v) is 2.60. The van der Waals surface area contributed by atoms with Crippen LogP contribution in [0, 0.1) is 0 Å². The van der Waals surface area contributed by atoms with Gasteiger partial charge in [0.25, 0.3) is 0 Å². The van der Waals surface area contributed by atoms with Crippen LogP contribution in [0.1, 0.15) is 13.3 Å². The molecule has 0 aliphatic rings. The van der Waals surface area contributed by atoms with Gasteiger partial charge in [0.05, 0.1) is 6.10 Å². The van der Waals surface area contributed by atoms with Gasteiger partial charge in [0.15, 0.2) is 0 Å². The molecule has 62 valence electrons. The van der Waals surface area contributed by atoms with Crippen molar-refractivity contribution in [3.05, 3.63) is 18.5 Å². The van der Waals surface area contributed by atoms with E-state index < -0.39 is 0 Å². The standard InChI is InChI=1S/C8H14N2O/c1-8(11-2)4-7-10-6-3-5-9-10/h3,5-6,8H,4,7H2,1-2H3. The highest BCUT2D eigenvalue weighted by Crippen LogP contribution is 1.97. The third-order valence-corrected chi connectivity index (χ3v) is 1.73. The van der Waals surface area contributed by atoms with Gasteiger partial charge in [0, 0.05) is 26.0 Å². The van der Waals surface area contributed by atoms with Gasteiger partial charge in [-0.3, -0.25) is 4.68 Å². The van der Waals surface area contributed by atoms with Crippen molar-refractivity contribution < 1.29 is 4.74 Å². The van der Waals surface area contributed by atoms with Gasteiger partial charge in [-0.15, -0.1) is 0 Å². The monoisotopic (exact) mass is 154 g/mol. The maximum absolute atomic E-state index is 5.11. The van der Waals surface area contributed by atoms with Gasteiger partial charge < -0.3 is 4.74 Å². The maximum atomic E-state index is 5.11. The number of ether oxygens (including phenoxy) is 1. The lowest BCUT2D eigenvalue weighted by Gasteiger charge is -2.08. The first-order chi connectivity index (χ1) is 5.33. The predicted octanol–water partition coefficient (Wildman–Crippen LogP) is 1.31. The molecule has 0 amide bonds. The molecule has 3 heteroatoms. The van der Waals surface area contributed by atoms with E-state index in [0.717, 1.165) is 13.0 Å². The molecule has 0 aromatic carbocycles. The molecule has 0 saturated carbocycles. The van der Waals surface area contributed by atoms with Crippen LogP contribution in [-0.2, 0) is 11.3 Å². The molecular formula is C8H14N2O. The summed E-state index contributed by atoms with van der Waals surface area (Å²) in [5, 5.41) is 4.08. The number of hydrogen-bond acceptors (Lipinski definition) is 2. The second kappa shape index (κ2) is 4.13. The van der Waals surface area contributed by atoms with Crippen LogP contribution in [0.25, 0.3) is 0 Å². The molecule has 0 bridgehead atoms. The predicted molar refractivity (Wildman–Crippen MR) is 43.3 cm³/mol. The van der Waals surface area contributed by atoms with Crippen molar-refractivity contribution in [1.29, 1.82) is 0 Å². The highest BCUT2D eigenvalue weighted by Gasteiger charge is 1.98. The van der Waals surface area contributed by atoms with Gasteiger partial charge in [-0.1, -0.05) is 0 Å². The molecule has 0 aliphatic carbocycles. The van der Waals surface area contributed by atoms with Crippen molar-refractivity contribution in [1.82, 2.24) is 9.78 Å². The Bertz CT molecular complexity index is 184. The minimum absolute atomic E-state index is 0.319. The summed E-state index contributed by atoms with van der Waals surface area (Å²) in [6.07, 6.45) is 5.08. The minimum Gasteiger partial charge on any atom is -0.382 e. The second-order valence-electron chi connectivity index (χ2n) is 2.60. The summed E-state index contributed by atoms with van der Waals surface area (Å²) in [5.74, 6) is 0. The van der Waals surface area contributed by atoms with E-state index in [-0.39, 0.29) is 0 Å². The van der Waals surface area contributed by atoms with Crippen LogP contribution in [0.4, 0.5) is 0 Å². The number of methoxy groups -OCH3 is 1. The highest BCUT2D eigenvalue weighted by molar-refractivity contribution is 4.77. The van der Waals surface area contributed by atoms with E-state index >= 15 is 0 Å². The molecule has 11 heavy (non-hydrogen) atoms. The van der Waals surface area contributed by atoms with E-state index in [2.05, 4.69) is 12.0 Å². The number of nitrogens with zero attached hydrogens (tertiary/aromatic N) is 2. The Morgan fingerprint density at radius 3 is 3.00 bits per heavy atom. The molecule has 1 rings (SSSR count). The molecule has 0 radical (unpaired) electrons. The van der Waals surface area contributed by atoms with Crippen LogP contribution in [0.15, 0.2) is 18.5 Å². The molecule has 1 aromatic rings. The Balaban J connectivity index is 2.23. The van der Waals surface area contributed by atoms with Gasteiger partial charge in [0.1, 0.15) is 0 Å². The number of aromatic nitrogens is 2. The molecule has 1 unspecified atom stereocenters. The first-order valence-corrected chi connectivity index (χ1v) is 3.83. The first-order valence-electron chi connectivity index (χ1n) is 3.83. The molecule has 1 atom stereocenters. The Hall–Kier alpha value is -0.830. The molecule has 0 aliphatic heterocycles. The van der Waals surface area contributed by atoms with Crippen LogP contribution in [-0.4, -0.2) is 23.0 Å². The quantitative estimate of drug-likeness (QED) is 0.653. The summed E-state index contributed by atoms with van der Waals surface area (Å²) in [6.45, 7) is 2.99. The van der Waals surface area contributed by atoms with Crippen molar-refractivity contribution in [3.63, 3.8) is 0 Å². The molecule has 0 fully saturated rings. The molecule has 0 spiro atoms.